The van der Waals surface area contributed by atoms with Gasteiger partial charge in [0.1, 0.15) is 17.9 Å². The molecule has 2 heterocycles. The van der Waals surface area contributed by atoms with E-state index >= 15 is 0 Å². The van der Waals surface area contributed by atoms with E-state index in [0.29, 0.717) is 0 Å². The molecule has 0 aliphatic heterocycles. The Morgan fingerprint density at radius 1 is 1.30 bits per heavy atom. The number of aldehydes is 1. The second kappa shape index (κ2) is 6.93. The Hall–Kier alpha value is -2.19. The molecule has 0 amide bonds. The second-order valence-corrected chi connectivity index (χ2v) is 6.67. The minimum absolute atomic E-state index is 0.164. The van der Waals surface area contributed by atoms with Crippen molar-refractivity contribution in [3.8, 4) is 11.8 Å². The first-order chi connectivity index (χ1) is 11.2. The SMILES string of the molecule is Cc1nc(C)c(C#Cc2ccsc2)c(NC2CCC(C=O)C2)n1. The molecule has 1 N–H and O–H groups in total. The summed E-state index contributed by atoms with van der Waals surface area (Å²) in [5.41, 5.74) is 2.73. The number of nitrogens with one attached hydrogen (secondary N) is 1. The summed E-state index contributed by atoms with van der Waals surface area (Å²) >= 11 is 1.63. The maximum absolute atomic E-state index is 10.9. The number of carbonyl (C=O) groups is 1. The topological polar surface area (TPSA) is 54.9 Å². The quantitative estimate of drug-likeness (QED) is 0.695. The molecular formula is C18H19N3OS. The fourth-order valence-corrected chi connectivity index (χ4v) is 3.49. The Balaban J connectivity index is 1.88. The van der Waals surface area contributed by atoms with Crippen LogP contribution in [0.25, 0.3) is 0 Å². The van der Waals surface area contributed by atoms with Crippen molar-refractivity contribution in [2.75, 3.05) is 5.32 Å². The molecule has 0 spiro atoms. The summed E-state index contributed by atoms with van der Waals surface area (Å²) in [5.74, 6) is 8.06. The highest BCUT2D eigenvalue weighted by atomic mass is 32.1. The zero-order valence-electron chi connectivity index (χ0n) is 13.3. The summed E-state index contributed by atoms with van der Waals surface area (Å²) in [4.78, 5) is 19.9. The summed E-state index contributed by atoms with van der Waals surface area (Å²) in [5, 5.41) is 7.51. The zero-order valence-corrected chi connectivity index (χ0v) is 14.1. The van der Waals surface area contributed by atoms with Gasteiger partial charge in [-0.15, -0.1) is 0 Å². The number of hydrogen-bond donors (Lipinski definition) is 1. The van der Waals surface area contributed by atoms with Crippen LogP contribution in [0.5, 0.6) is 0 Å². The molecule has 2 aromatic heterocycles. The number of hydrogen-bond acceptors (Lipinski definition) is 5. The maximum Gasteiger partial charge on any atom is 0.146 e. The summed E-state index contributed by atoms with van der Waals surface area (Å²) in [6, 6.07) is 2.28. The van der Waals surface area contributed by atoms with Crippen molar-refractivity contribution in [3.05, 3.63) is 39.5 Å². The molecule has 118 valence electrons. The van der Waals surface area contributed by atoms with Crippen LogP contribution in [-0.4, -0.2) is 22.3 Å². The van der Waals surface area contributed by atoms with Crippen LogP contribution in [0, 0.1) is 31.6 Å². The molecule has 3 rings (SSSR count). The lowest BCUT2D eigenvalue weighted by Crippen LogP contribution is -2.19. The first-order valence-electron chi connectivity index (χ1n) is 7.77. The van der Waals surface area contributed by atoms with Gasteiger partial charge in [-0.3, -0.25) is 0 Å². The van der Waals surface area contributed by atoms with E-state index in [1.54, 1.807) is 11.3 Å². The van der Waals surface area contributed by atoms with Crippen molar-refractivity contribution < 1.29 is 4.79 Å². The standard InChI is InChI=1S/C18H19N3OS/c1-12-17(6-4-14-7-8-23-11-14)18(20-13(2)19-12)21-16-5-3-15(9-16)10-22/h7-8,10-11,15-16H,3,5,9H2,1-2H3,(H,19,20,21). The van der Waals surface area contributed by atoms with Gasteiger partial charge in [0.15, 0.2) is 0 Å². The van der Waals surface area contributed by atoms with Crippen molar-refractivity contribution in [3.63, 3.8) is 0 Å². The molecule has 1 aliphatic carbocycles. The lowest BCUT2D eigenvalue weighted by atomic mass is 10.1. The molecule has 4 nitrogen and oxygen atoms in total. The monoisotopic (exact) mass is 325 g/mol. The second-order valence-electron chi connectivity index (χ2n) is 5.89. The number of nitrogens with zero attached hydrogens (tertiary/aromatic N) is 2. The van der Waals surface area contributed by atoms with E-state index in [-0.39, 0.29) is 12.0 Å². The van der Waals surface area contributed by atoms with Crippen LogP contribution in [0.3, 0.4) is 0 Å². The lowest BCUT2D eigenvalue weighted by Gasteiger charge is -2.15. The summed E-state index contributed by atoms with van der Waals surface area (Å²) in [6.07, 6.45) is 3.86. The van der Waals surface area contributed by atoms with E-state index < -0.39 is 0 Å². The molecule has 5 heteroatoms. The van der Waals surface area contributed by atoms with E-state index in [0.717, 1.165) is 54.0 Å². The van der Waals surface area contributed by atoms with Gasteiger partial charge in [-0.2, -0.15) is 11.3 Å². The van der Waals surface area contributed by atoms with E-state index in [4.69, 9.17) is 0 Å². The van der Waals surface area contributed by atoms with Gasteiger partial charge in [-0.25, -0.2) is 9.97 Å². The van der Waals surface area contributed by atoms with Crippen LogP contribution in [0.2, 0.25) is 0 Å². The maximum atomic E-state index is 10.9. The highest BCUT2D eigenvalue weighted by Crippen LogP contribution is 2.27. The Bertz CT molecular complexity index is 759. The average molecular weight is 325 g/mol. The van der Waals surface area contributed by atoms with Gasteiger partial charge in [-0.1, -0.05) is 11.8 Å². The number of aryl methyl sites for hydroxylation is 2. The molecule has 2 aromatic rings. The number of carbonyl (C=O) groups excluding carboxylic acids is 1. The molecule has 1 fully saturated rings. The predicted octanol–water partition coefficient (Wildman–Crippen LogP) is 3.33. The molecule has 0 aromatic carbocycles. The van der Waals surface area contributed by atoms with Crippen molar-refractivity contribution >= 4 is 23.4 Å². The van der Waals surface area contributed by atoms with E-state index in [1.807, 2.05) is 30.7 Å². The zero-order chi connectivity index (χ0) is 16.2. The van der Waals surface area contributed by atoms with Crippen LogP contribution in [-0.2, 0) is 4.79 Å². The fraction of sp³-hybridized carbons (Fsp3) is 0.389. The minimum Gasteiger partial charge on any atom is -0.366 e. The van der Waals surface area contributed by atoms with Crippen LogP contribution < -0.4 is 5.32 Å². The van der Waals surface area contributed by atoms with Crippen LogP contribution >= 0.6 is 11.3 Å². The van der Waals surface area contributed by atoms with Crippen LogP contribution in [0.1, 0.15) is 41.9 Å². The summed E-state index contributed by atoms with van der Waals surface area (Å²) < 4.78 is 0. The normalized spacial score (nSPS) is 19.9. The molecule has 0 radical (unpaired) electrons. The molecule has 1 saturated carbocycles. The number of rotatable bonds is 3. The van der Waals surface area contributed by atoms with Crippen molar-refractivity contribution in [1.82, 2.24) is 9.97 Å². The van der Waals surface area contributed by atoms with Crippen molar-refractivity contribution in [2.45, 2.75) is 39.2 Å². The van der Waals surface area contributed by atoms with Gasteiger partial charge in [0.25, 0.3) is 0 Å². The third-order valence-corrected chi connectivity index (χ3v) is 4.74. The molecule has 23 heavy (non-hydrogen) atoms. The highest BCUT2D eigenvalue weighted by Gasteiger charge is 2.25. The summed E-state index contributed by atoms with van der Waals surface area (Å²) in [7, 11) is 0. The number of aromatic nitrogens is 2. The molecule has 2 unspecified atom stereocenters. The first-order valence-corrected chi connectivity index (χ1v) is 8.71. The largest absolute Gasteiger partial charge is 0.366 e. The Morgan fingerprint density at radius 2 is 2.17 bits per heavy atom. The van der Waals surface area contributed by atoms with E-state index in [1.165, 1.54) is 0 Å². The molecule has 0 saturated heterocycles. The van der Waals surface area contributed by atoms with Gasteiger partial charge in [0, 0.05) is 22.9 Å². The van der Waals surface area contributed by atoms with Crippen LogP contribution in [0.4, 0.5) is 5.82 Å². The van der Waals surface area contributed by atoms with Gasteiger partial charge in [0.2, 0.25) is 0 Å². The molecule has 2 atom stereocenters. The molecular weight excluding hydrogens is 306 g/mol. The Morgan fingerprint density at radius 3 is 2.87 bits per heavy atom. The third-order valence-electron chi connectivity index (χ3n) is 4.06. The third kappa shape index (κ3) is 3.77. The van der Waals surface area contributed by atoms with Gasteiger partial charge < -0.3 is 10.1 Å². The van der Waals surface area contributed by atoms with Gasteiger partial charge in [0.05, 0.1) is 11.3 Å². The van der Waals surface area contributed by atoms with Crippen molar-refractivity contribution in [1.29, 1.82) is 0 Å². The van der Waals surface area contributed by atoms with Gasteiger partial charge in [-0.05, 0) is 44.6 Å². The molecule has 1 aliphatic rings. The van der Waals surface area contributed by atoms with Gasteiger partial charge >= 0.3 is 0 Å². The Labute approximate surface area is 140 Å². The highest BCUT2D eigenvalue weighted by molar-refractivity contribution is 7.08. The lowest BCUT2D eigenvalue weighted by molar-refractivity contribution is -0.110. The van der Waals surface area contributed by atoms with Crippen LogP contribution in [0.15, 0.2) is 16.8 Å². The van der Waals surface area contributed by atoms with E-state index in [9.17, 15) is 4.79 Å². The fourth-order valence-electron chi connectivity index (χ4n) is 2.90. The number of anilines is 1. The average Bonchev–Trinajstić information content (AvgIpc) is 3.17. The number of thiophene rings is 1. The Kier molecular flexibility index (Phi) is 4.73. The van der Waals surface area contributed by atoms with E-state index in [2.05, 4.69) is 27.1 Å². The summed E-state index contributed by atoms with van der Waals surface area (Å²) in [6.45, 7) is 3.84. The minimum atomic E-state index is 0.164. The first kappa shape index (κ1) is 15.7. The van der Waals surface area contributed by atoms with Crippen molar-refractivity contribution in [2.24, 2.45) is 5.92 Å². The molecule has 0 bridgehead atoms. The smallest absolute Gasteiger partial charge is 0.146 e. The predicted molar refractivity (Wildman–Crippen MR) is 92.6 cm³/mol.